The zero-order valence-corrected chi connectivity index (χ0v) is 23.5. The normalized spacial score (nSPS) is 21.9. The second kappa shape index (κ2) is 10.3. The molecule has 214 valence electrons. The quantitative estimate of drug-likeness (QED) is 0.196. The van der Waals surface area contributed by atoms with Crippen LogP contribution in [0.3, 0.4) is 0 Å². The molecule has 1 atom stereocenters. The molecule has 6 rings (SSSR count). The number of aliphatic hydroxyl groups excluding tert-OH is 1. The zero-order valence-electron chi connectivity index (χ0n) is 22.6. The number of aromatic nitrogens is 1. The van der Waals surface area contributed by atoms with E-state index in [1.165, 1.54) is 38.4 Å². The van der Waals surface area contributed by atoms with Crippen molar-refractivity contribution in [3.63, 3.8) is 0 Å². The summed E-state index contributed by atoms with van der Waals surface area (Å²) in [5.41, 5.74) is -0.804. The number of aliphatic hydroxyl groups is 1. The fourth-order valence-corrected chi connectivity index (χ4v) is 7.60. The molecule has 3 aliphatic rings. The van der Waals surface area contributed by atoms with E-state index >= 15 is 0 Å². The Labute approximate surface area is 243 Å². The number of anilines is 1. The highest BCUT2D eigenvalue weighted by Crippen LogP contribution is 2.54. The molecule has 1 spiro atoms. The van der Waals surface area contributed by atoms with Crippen LogP contribution in [0.5, 0.6) is 0 Å². The van der Waals surface area contributed by atoms with Gasteiger partial charge in [-0.05, 0) is 54.8 Å². The number of ketones is 1. The monoisotopic (exact) mass is 584 g/mol. The van der Waals surface area contributed by atoms with Gasteiger partial charge in [0, 0.05) is 49.7 Å². The van der Waals surface area contributed by atoms with Gasteiger partial charge in [-0.1, -0.05) is 30.3 Å². The minimum absolute atomic E-state index is 0.0483. The second-order valence-electron chi connectivity index (χ2n) is 10.4. The molecule has 4 heterocycles. The van der Waals surface area contributed by atoms with Gasteiger partial charge in [0.1, 0.15) is 5.76 Å². The van der Waals surface area contributed by atoms with Crippen LogP contribution >= 0.6 is 0 Å². The smallest absolute Gasteiger partial charge is 0.296 e. The van der Waals surface area contributed by atoms with Crippen molar-refractivity contribution < 1.29 is 27.9 Å². The molecule has 2 saturated heterocycles. The number of nitrogens with zero attached hydrogens (tertiary/aromatic N) is 4. The molecule has 3 aromatic rings. The first-order chi connectivity index (χ1) is 20.2. The third kappa shape index (κ3) is 3.99. The number of Topliss-reactive ketones (excluding diaryl/α,β-unsaturated/α-hetero) is 1. The summed E-state index contributed by atoms with van der Waals surface area (Å²) in [4.78, 5) is 48.7. The van der Waals surface area contributed by atoms with Gasteiger partial charge in [-0.15, -0.1) is 6.58 Å². The van der Waals surface area contributed by atoms with E-state index in [1.807, 2.05) is 0 Å². The summed E-state index contributed by atoms with van der Waals surface area (Å²) in [6.45, 7) is 4.62. The molecule has 10 nitrogen and oxygen atoms in total. The van der Waals surface area contributed by atoms with Crippen molar-refractivity contribution in [1.29, 1.82) is 0 Å². The maximum Gasteiger partial charge on any atom is 0.296 e. The van der Waals surface area contributed by atoms with Crippen molar-refractivity contribution in [2.45, 2.75) is 29.8 Å². The summed E-state index contributed by atoms with van der Waals surface area (Å²) in [6.07, 6.45) is 6.23. The zero-order chi connectivity index (χ0) is 29.6. The summed E-state index contributed by atoms with van der Waals surface area (Å²) < 4.78 is 27.5. The Morgan fingerprint density at radius 1 is 1.00 bits per heavy atom. The maximum absolute atomic E-state index is 14.4. The molecular formula is C31H28N4O6S. The summed E-state index contributed by atoms with van der Waals surface area (Å²) in [5.74, 6) is -3.12. The fraction of sp³-hybridized carbons (Fsp3) is 0.226. The lowest BCUT2D eigenvalue weighted by atomic mass is 9.81. The van der Waals surface area contributed by atoms with Crippen molar-refractivity contribution in [2.75, 3.05) is 24.5 Å². The van der Waals surface area contributed by atoms with Gasteiger partial charge < -0.3 is 14.9 Å². The highest BCUT2D eigenvalue weighted by atomic mass is 32.2. The van der Waals surface area contributed by atoms with Gasteiger partial charge >= 0.3 is 0 Å². The number of benzene rings is 2. The summed E-state index contributed by atoms with van der Waals surface area (Å²) in [6, 6.07) is 15.7. The Morgan fingerprint density at radius 2 is 1.71 bits per heavy atom. The first kappa shape index (κ1) is 27.6. The van der Waals surface area contributed by atoms with Crippen LogP contribution in [0.1, 0.15) is 29.5 Å². The Bertz CT molecular complexity index is 1750. The molecular weight excluding hydrogens is 556 g/mol. The molecule has 0 aliphatic carbocycles. The molecule has 2 aromatic carbocycles. The van der Waals surface area contributed by atoms with Gasteiger partial charge in [0.15, 0.2) is 5.54 Å². The Hall–Kier alpha value is -4.61. The van der Waals surface area contributed by atoms with E-state index in [-0.39, 0.29) is 29.1 Å². The van der Waals surface area contributed by atoms with E-state index in [0.717, 1.165) is 12.8 Å². The van der Waals surface area contributed by atoms with Crippen LogP contribution in [0.2, 0.25) is 0 Å². The van der Waals surface area contributed by atoms with Crippen LogP contribution in [-0.2, 0) is 36.5 Å². The molecule has 1 N–H and O–H groups in total. The first-order valence-electron chi connectivity index (χ1n) is 13.5. The van der Waals surface area contributed by atoms with Crippen molar-refractivity contribution in [2.24, 2.45) is 0 Å². The topological polar surface area (TPSA) is 128 Å². The number of fused-ring (bicyclic) bond motifs is 2. The number of carbonyl (C=O) groups is 3. The van der Waals surface area contributed by atoms with Crippen molar-refractivity contribution in [1.82, 2.24) is 14.2 Å². The number of amides is 2. The standard InChI is InChI=1S/C31H28N4O6S/c1-2-16-34-25-10-4-3-9-24(25)31(30(34)39)26(28(37)29(38)35(31)20-21-8-7-15-32-19-21)27(36)22-11-13-23(14-12-22)42(40,41)33-17-5-6-18-33/h2-4,7-15,19,36H,1,5-6,16-18,20H2/b27-26+. The summed E-state index contributed by atoms with van der Waals surface area (Å²) in [5, 5.41) is 11.7. The van der Waals surface area contributed by atoms with E-state index < -0.39 is 38.9 Å². The number of pyridine rings is 1. The number of carbonyl (C=O) groups excluding carboxylic acids is 3. The largest absolute Gasteiger partial charge is 0.507 e. The third-order valence-electron chi connectivity index (χ3n) is 8.01. The predicted octanol–water partition coefficient (Wildman–Crippen LogP) is 3.17. The van der Waals surface area contributed by atoms with Crippen LogP contribution in [-0.4, -0.2) is 64.9 Å². The minimum atomic E-state index is -3.72. The molecule has 42 heavy (non-hydrogen) atoms. The lowest BCUT2D eigenvalue weighted by molar-refractivity contribution is -0.144. The molecule has 0 bridgehead atoms. The molecule has 1 aromatic heterocycles. The van der Waals surface area contributed by atoms with Crippen LogP contribution < -0.4 is 4.90 Å². The molecule has 0 radical (unpaired) electrons. The molecule has 2 amide bonds. The van der Waals surface area contributed by atoms with Gasteiger partial charge in [-0.2, -0.15) is 4.31 Å². The predicted molar refractivity (Wildman–Crippen MR) is 154 cm³/mol. The molecule has 1 unspecified atom stereocenters. The SMILES string of the molecule is C=CCN1C(=O)C2(/C(=C(/O)c3ccc(S(=O)(=O)N4CCCC4)cc3)C(=O)C(=O)N2Cc2cccnc2)c2ccccc21. The molecule has 2 fully saturated rings. The van der Waals surface area contributed by atoms with Crippen LogP contribution in [0, 0.1) is 0 Å². The summed E-state index contributed by atoms with van der Waals surface area (Å²) in [7, 11) is -3.72. The average Bonchev–Trinajstić information content (AvgIpc) is 3.69. The van der Waals surface area contributed by atoms with E-state index in [2.05, 4.69) is 11.6 Å². The van der Waals surface area contributed by atoms with Crippen LogP contribution in [0.4, 0.5) is 5.69 Å². The lowest BCUT2D eigenvalue weighted by Crippen LogP contribution is -2.51. The number of sulfonamides is 1. The van der Waals surface area contributed by atoms with Gasteiger partial charge in [0.25, 0.3) is 17.6 Å². The molecule has 11 heteroatoms. The number of hydrogen-bond acceptors (Lipinski definition) is 7. The van der Waals surface area contributed by atoms with Crippen molar-refractivity contribution in [3.05, 3.63) is 108 Å². The van der Waals surface area contributed by atoms with Gasteiger partial charge in [0.05, 0.1) is 16.2 Å². The maximum atomic E-state index is 14.4. The molecule has 0 saturated carbocycles. The fourth-order valence-electron chi connectivity index (χ4n) is 6.08. The molecule has 3 aliphatic heterocycles. The average molecular weight is 585 g/mol. The number of para-hydroxylation sites is 1. The highest BCUT2D eigenvalue weighted by Gasteiger charge is 2.67. The van der Waals surface area contributed by atoms with E-state index in [0.29, 0.717) is 29.9 Å². The second-order valence-corrected chi connectivity index (χ2v) is 12.3. The number of rotatable bonds is 7. The van der Waals surface area contributed by atoms with Gasteiger partial charge in [-0.25, -0.2) is 8.42 Å². The Kier molecular flexibility index (Phi) is 6.78. The van der Waals surface area contributed by atoms with Gasteiger partial charge in [-0.3, -0.25) is 19.4 Å². The number of hydrogen-bond donors (Lipinski definition) is 1. The van der Waals surface area contributed by atoms with Crippen molar-refractivity contribution >= 4 is 39.1 Å². The van der Waals surface area contributed by atoms with E-state index in [9.17, 15) is 27.9 Å². The van der Waals surface area contributed by atoms with Gasteiger partial charge in [0.2, 0.25) is 10.0 Å². The van der Waals surface area contributed by atoms with Crippen molar-refractivity contribution in [3.8, 4) is 0 Å². The van der Waals surface area contributed by atoms with Crippen LogP contribution in [0.25, 0.3) is 5.76 Å². The number of likely N-dealkylation sites (tertiary alicyclic amines) is 1. The minimum Gasteiger partial charge on any atom is -0.507 e. The Balaban J connectivity index is 1.54. The first-order valence-corrected chi connectivity index (χ1v) is 15.0. The van der Waals surface area contributed by atoms with Crippen LogP contribution in [0.15, 0.2) is 96.2 Å². The van der Waals surface area contributed by atoms with E-state index in [1.54, 1.807) is 54.9 Å². The summed E-state index contributed by atoms with van der Waals surface area (Å²) >= 11 is 0. The third-order valence-corrected chi connectivity index (χ3v) is 9.93. The lowest BCUT2D eigenvalue weighted by Gasteiger charge is -2.34. The highest BCUT2D eigenvalue weighted by molar-refractivity contribution is 7.89. The van der Waals surface area contributed by atoms with E-state index in [4.69, 9.17) is 0 Å². The Morgan fingerprint density at radius 3 is 2.38 bits per heavy atom.